The van der Waals surface area contributed by atoms with Gasteiger partial charge in [0.15, 0.2) is 0 Å². The number of nitrogens with one attached hydrogen (secondary N) is 1. The average Bonchev–Trinajstić information content (AvgIpc) is 2.82. The van der Waals surface area contributed by atoms with E-state index in [2.05, 4.69) is 15.3 Å². The molecule has 0 radical (unpaired) electrons. The zero-order valence-electron chi connectivity index (χ0n) is 10.9. The van der Waals surface area contributed by atoms with E-state index in [-0.39, 0.29) is 0 Å². The summed E-state index contributed by atoms with van der Waals surface area (Å²) >= 11 is 6.33. The summed E-state index contributed by atoms with van der Waals surface area (Å²) in [5.74, 6) is 0. The van der Waals surface area contributed by atoms with Crippen molar-refractivity contribution in [2.75, 3.05) is 31.1 Å². The summed E-state index contributed by atoms with van der Waals surface area (Å²) < 4.78 is 1.90. The molecule has 0 saturated carbocycles. The Morgan fingerprint density at radius 2 is 1.95 bits per heavy atom. The van der Waals surface area contributed by atoms with Crippen molar-refractivity contribution in [2.24, 2.45) is 7.05 Å². The summed E-state index contributed by atoms with van der Waals surface area (Å²) in [6.45, 7) is 4.03. The van der Waals surface area contributed by atoms with E-state index in [1.165, 1.54) is 0 Å². The maximum absolute atomic E-state index is 6.33. The number of hydrogen-bond donors (Lipinski definition) is 1. The van der Waals surface area contributed by atoms with E-state index in [1.54, 1.807) is 0 Å². The molecule has 1 fully saturated rings. The third-order valence-corrected chi connectivity index (χ3v) is 3.84. The lowest BCUT2D eigenvalue weighted by molar-refractivity contribution is 0.589. The van der Waals surface area contributed by atoms with Crippen molar-refractivity contribution >= 4 is 17.3 Å². The van der Waals surface area contributed by atoms with Crippen molar-refractivity contribution in [3.8, 4) is 11.3 Å². The summed E-state index contributed by atoms with van der Waals surface area (Å²) in [6.07, 6.45) is 1.93. The largest absolute Gasteiger partial charge is 0.366 e. The van der Waals surface area contributed by atoms with Gasteiger partial charge in [-0.25, -0.2) is 0 Å². The highest BCUT2D eigenvalue weighted by atomic mass is 35.5. The zero-order chi connectivity index (χ0) is 13.2. The van der Waals surface area contributed by atoms with Crippen LogP contribution in [0.4, 0.5) is 5.69 Å². The van der Waals surface area contributed by atoms with Gasteiger partial charge in [0.25, 0.3) is 0 Å². The van der Waals surface area contributed by atoms with Crippen LogP contribution in [0.5, 0.6) is 0 Å². The molecule has 5 heteroatoms. The van der Waals surface area contributed by atoms with Crippen LogP contribution in [0.2, 0.25) is 5.02 Å². The summed E-state index contributed by atoms with van der Waals surface area (Å²) in [5, 5.41) is 8.54. The van der Waals surface area contributed by atoms with Crippen molar-refractivity contribution in [2.45, 2.75) is 0 Å². The van der Waals surface area contributed by atoms with Gasteiger partial charge in [-0.1, -0.05) is 29.8 Å². The number of nitrogens with zero attached hydrogens (tertiary/aromatic N) is 3. The molecule has 1 aliphatic heterocycles. The summed E-state index contributed by atoms with van der Waals surface area (Å²) in [5.41, 5.74) is 3.29. The first-order valence-corrected chi connectivity index (χ1v) is 6.88. The van der Waals surface area contributed by atoms with E-state index in [9.17, 15) is 0 Å². The second-order valence-corrected chi connectivity index (χ2v) is 5.13. The molecule has 0 atom stereocenters. The molecule has 4 nitrogen and oxygen atoms in total. The van der Waals surface area contributed by atoms with E-state index in [4.69, 9.17) is 11.6 Å². The Balaban J connectivity index is 2.06. The first-order chi connectivity index (χ1) is 9.27. The molecule has 2 aromatic rings. The second-order valence-electron chi connectivity index (χ2n) is 4.72. The van der Waals surface area contributed by atoms with Crippen LogP contribution in [0.25, 0.3) is 11.3 Å². The van der Waals surface area contributed by atoms with E-state index in [0.717, 1.165) is 48.1 Å². The molecule has 0 unspecified atom stereocenters. The van der Waals surface area contributed by atoms with Gasteiger partial charge in [0, 0.05) is 38.8 Å². The Hall–Kier alpha value is -1.52. The molecule has 0 aliphatic carbocycles. The van der Waals surface area contributed by atoms with Crippen LogP contribution in [-0.4, -0.2) is 36.0 Å². The molecule has 1 aromatic carbocycles. The number of hydrogen-bond acceptors (Lipinski definition) is 3. The predicted octanol–water partition coefficient (Wildman–Crippen LogP) is 2.15. The number of anilines is 1. The first kappa shape index (κ1) is 12.5. The summed E-state index contributed by atoms with van der Waals surface area (Å²) in [7, 11) is 1.96. The van der Waals surface area contributed by atoms with Crippen molar-refractivity contribution in [3.63, 3.8) is 0 Å². The Bertz CT molecular complexity index is 573. The highest BCUT2D eigenvalue weighted by molar-refractivity contribution is 6.33. The van der Waals surface area contributed by atoms with Crippen LogP contribution in [-0.2, 0) is 7.05 Å². The molecular weight excluding hydrogens is 260 g/mol. The maximum Gasteiger partial charge on any atom is 0.0927 e. The van der Waals surface area contributed by atoms with Gasteiger partial charge in [-0.3, -0.25) is 4.68 Å². The second kappa shape index (κ2) is 5.23. The van der Waals surface area contributed by atoms with Gasteiger partial charge in [-0.15, -0.1) is 0 Å². The first-order valence-electron chi connectivity index (χ1n) is 6.50. The van der Waals surface area contributed by atoms with Crippen LogP contribution in [0.3, 0.4) is 0 Å². The third-order valence-electron chi connectivity index (χ3n) is 3.51. The fraction of sp³-hybridized carbons (Fsp3) is 0.357. The Kier molecular flexibility index (Phi) is 3.44. The highest BCUT2D eigenvalue weighted by Crippen LogP contribution is 2.34. The normalized spacial score (nSPS) is 15.8. The van der Waals surface area contributed by atoms with E-state index in [0.29, 0.717) is 0 Å². The number of aromatic nitrogens is 2. The molecule has 100 valence electrons. The number of halogens is 1. The lowest BCUT2D eigenvalue weighted by atomic mass is 10.1. The Morgan fingerprint density at radius 1 is 1.21 bits per heavy atom. The number of rotatable bonds is 2. The minimum atomic E-state index is 0.766. The van der Waals surface area contributed by atoms with Gasteiger partial charge >= 0.3 is 0 Å². The predicted molar refractivity (Wildman–Crippen MR) is 78.7 cm³/mol. The minimum Gasteiger partial charge on any atom is -0.366 e. The third kappa shape index (κ3) is 2.33. The molecule has 0 spiro atoms. The average molecular weight is 277 g/mol. The summed E-state index contributed by atoms with van der Waals surface area (Å²) in [6, 6.07) is 7.93. The van der Waals surface area contributed by atoms with E-state index in [1.807, 2.05) is 42.2 Å². The highest BCUT2D eigenvalue weighted by Gasteiger charge is 2.19. The molecule has 1 aliphatic rings. The lowest BCUT2D eigenvalue weighted by Crippen LogP contribution is -2.43. The molecule has 3 rings (SSSR count). The molecule has 1 N–H and O–H groups in total. The number of piperazine rings is 1. The Labute approximate surface area is 118 Å². The standard InChI is InChI=1S/C14H17ClN4/c1-18-14(11-4-2-3-5-12(11)15)13(10-17-18)19-8-6-16-7-9-19/h2-5,10,16H,6-9H2,1H3. The van der Waals surface area contributed by atoms with Gasteiger partial charge in [0.1, 0.15) is 0 Å². The molecule has 0 bridgehead atoms. The fourth-order valence-electron chi connectivity index (χ4n) is 2.53. The molecule has 19 heavy (non-hydrogen) atoms. The van der Waals surface area contributed by atoms with Gasteiger partial charge in [-0.05, 0) is 6.07 Å². The van der Waals surface area contributed by atoms with Crippen LogP contribution in [0.15, 0.2) is 30.5 Å². The van der Waals surface area contributed by atoms with Crippen LogP contribution in [0, 0.1) is 0 Å². The molecule has 1 aromatic heterocycles. The van der Waals surface area contributed by atoms with Gasteiger partial charge in [0.2, 0.25) is 0 Å². The SMILES string of the molecule is Cn1ncc(N2CCNCC2)c1-c1ccccc1Cl. The zero-order valence-corrected chi connectivity index (χ0v) is 11.7. The molecule has 1 saturated heterocycles. The molecule has 0 amide bonds. The molecule has 2 heterocycles. The van der Waals surface area contributed by atoms with Gasteiger partial charge < -0.3 is 10.2 Å². The monoisotopic (exact) mass is 276 g/mol. The van der Waals surface area contributed by atoms with Crippen LogP contribution < -0.4 is 10.2 Å². The summed E-state index contributed by atoms with van der Waals surface area (Å²) in [4.78, 5) is 2.36. The van der Waals surface area contributed by atoms with Crippen molar-refractivity contribution in [1.29, 1.82) is 0 Å². The topological polar surface area (TPSA) is 33.1 Å². The van der Waals surface area contributed by atoms with Crippen LogP contribution >= 0.6 is 11.6 Å². The van der Waals surface area contributed by atoms with Gasteiger partial charge in [-0.2, -0.15) is 5.10 Å². The van der Waals surface area contributed by atoms with E-state index >= 15 is 0 Å². The van der Waals surface area contributed by atoms with Crippen LogP contribution in [0.1, 0.15) is 0 Å². The van der Waals surface area contributed by atoms with Crippen molar-refractivity contribution in [3.05, 3.63) is 35.5 Å². The van der Waals surface area contributed by atoms with Gasteiger partial charge in [0.05, 0.1) is 22.6 Å². The van der Waals surface area contributed by atoms with Crippen molar-refractivity contribution in [1.82, 2.24) is 15.1 Å². The maximum atomic E-state index is 6.33. The minimum absolute atomic E-state index is 0.766. The number of benzene rings is 1. The fourth-order valence-corrected chi connectivity index (χ4v) is 2.75. The quantitative estimate of drug-likeness (QED) is 0.912. The number of aryl methyl sites for hydroxylation is 1. The smallest absolute Gasteiger partial charge is 0.0927 e. The van der Waals surface area contributed by atoms with E-state index < -0.39 is 0 Å². The lowest BCUT2D eigenvalue weighted by Gasteiger charge is -2.29. The van der Waals surface area contributed by atoms with Crippen molar-refractivity contribution < 1.29 is 0 Å². The molecular formula is C14H17ClN4. The Morgan fingerprint density at radius 3 is 2.68 bits per heavy atom.